The first-order chi connectivity index (χ1) is 17.1. The third-order valence-electron chi connectivity index (χ3n) is 6.82. The predicted molar refractivity (Wildman–Crippen MR) is 132 cm³/mol. The van der Waals surface area contributed by atoms with Crippen molar-refractivity contribution in [2.24, 2.45) is 11.8 Å². The number of hydrogen-bond donors (Lipinski definition) is 2. The van der Waals surface area contributed by atoms with E-state index < -0.39 is 6.10 Å². The van der Waals surface area contributed by atoms with Crippen molar-refractivity contribution in [1.82, 2.24) is 9.97 Å². The summed E-state index contributed by atoms with van der Waals surface area (Å²) >= 11 is 0. The standard InChI is InChI=1S/C27H31N3O5/c1-2-33-25-10-8-21-26(30-25)20(11-12-28-21)22(31)15-17-3-5-18(6-4-17)27(32)29-19-7-9-23-24(16-19)35-14-13-34-23/h7-12,16-18,22,31H,2-6,13-15H2,1H3,(H,29,32)/t17-,18-,22?. The zero-order chi connectivity index (χ0) is 24.2. The van der Waals surface area contributed by atoms with Crippen LogP contribution in [0.2, 0.25) is 0 Å². The lowest BCUT2D eigenvalue weighted by Crippen LogP contribution is -2.27. The van der Waals surface area contributed by atoms with Gasteiger partial charge in [0.2, 0.25) is 11.8 Å². The summed E-state index contributed by atoms with van der Waals surface area (Å²) in [5.74, 6) is 2.26. The maximum Gasteiger partial charge on any atom is 0.227 e. The molecule has 8 nitrogen and oxygen atoms in total. The molecule has 1 aliphatic heterocycles. The number of ether oxygens (including phenoxy) is 3. The Hall–Kier alpha value is -3.39. The summed E-state index contributed by atoms with van der Waals surface area (Å²) in [6.45, 7) is 3.50. The minimum Gasteiger partial charge on any atom is -0.486 e. The zero-order valence-corrected chi connectivity index (χ0v) is 19.9. The van der Waals surface area contributed by atoms with Crippen molar-refractivity contribution in [3.8, 4) is 17.4 Å². The van der Waals surface area contributed by atoms with Crippen LogP contribution in [0, 0.1) is 11.8 Å². The average molecular weight is 478 g/mol. The molecule has 5 rings (SSSR count). The number of aromatic nitrogens is 2. The highest BCUT2D eigenvalue weighted by Crippen LogP contribution is 2.37. The molecule has 35 heavy (non-hydrogen) atoms. The van der Waals surface area contributed by atoms with Crippen molar-refractivity contribution in [2.75, 3.05) is 25.1 Å². The Kier molecular flexibility index (Phi) is 6.99. The number of aliphatic hydroxyl groups is 1. The van der Waals surface area contributed by atoms with Crippen LogP contribution in [0.25, 0.3) is 11.0 Å². The second-order valence-electron chi connectivity index (χ2n) is 9.17. The number of hydrogen-bond acceptors (Lipinski definition) is 7. The third-order valence-corrected chi connectivity index (χ3v) is 6.82. The molecular weight excluding hydrogens is 446 g/mol. The second kappa shape index (κ2) is 10.5. The molecule has 184 valence electrons. The van der Waals surface area contributed by atoms with Gasteiger partial charge in [0.1, 0.15) is 13.2 Å². The smallest absolute Gasteiger partial charge is 0.227 e. The highest BCUT2D eigenvalue weighted by Gasteiger charge is 2.28. The summed E-state index contributed by atoms with van der Waals surface area (Å²) in [5, 5.41) is 14.1. The first kappa shape index (κ1) is 23.4. The number of nitrogens with one attached hydrogen (secondary N) is 1. The summed E-state index contributed by atoms with van der Waals surface area (Å²) in [4.78, 5) is 21.8. The van der Waals surface area contributed by atoms with Crippen LogP contribution in [0.1, 0.15) is 50.7 Å². The van der Waals surface area contributed by atoms with Crippen molar-refractivity contribution in [3.05, 3.63) is 48.2 Å². The Morgan fingerprint density at radius 3 is 2.71 bits per heavy atom. The van der Waals surface area contributed by atoms with Crippen molar-refractivity contribution >= 4 is 22.6 Å². The number of amides is 1. The van der Waals surface area contributed by atoms with E-state index in [9.17, 15) is 9.90 Å². The summed E-state index contributed by atoms with van der Waals surface area (Å²) in [7, 11) is 0. The van der Waals surface area contributed by atoms with E-state index in [1.54, 1.807) is 12.3 Å². The number of aliphatic hydroxyl groups excluding tert-OH is 1. The van der Waals surface area contributed by atoms with Gasteiger partial charge in [-0.1, -0.05) is 0 Å². The number of nitrogens with zero attached hydrogens (tertiary/aromatic N) is 2. The van der Waals surface area contributed by atoms with Gasteiger partial charge in [-0.05, 0) is 69.2 Å². The first-order valence-electron chi connectivity index (χ1n) is 12.4. The van der Waals surface area contributed by atoms with Gasteiger partial charge in [0.15, 0.2) is 11.5 Å². The molecule has 1 atom stereocenters. The predicted octanol–water partition coefficient (Wildman–Crippen LogP) is 4.67. The topological polar surface area (TPSA) is 103 Å². The molecule has 1 saturated carbocycles. The van der Waals surface area contributed by atoms with Crippen LogP contribution < -0.4 is 19.5 Å². The number of rotatable bonds is 7. The van der Waals surface area contributed by atoms with E-state index in [1.807, 2.05) is 37.3 Å². The van der Waals surface area contributed by atoms with Crippen LogP contribution in [0.3, 0.4) is 0 Å². The molecule has 0 bridgehead atoms. The minimum absolute atomic E-state index is 0.0335. The van der Waals surface area contributed by atoms with E-state index in [-0.39, 0.29) is 11.8 Å². The van der Waals surface area contributed by atoms with Gasteiger partial charge in [0.25, 0.3) is 0 Å². The fourth-order valence-electron chi connectivity index (χ4n) is 4.99. The Morgan fingerprint density at radius 2 is 1.91 bits per heavy atom. The lowest BCUT2D eigenvalue weighted by atomic mass is 9.78. The van der Waals surface area contributed by atoms with Crippen molar-refractivity contribution in [3.63, 3.8) is 0 Å². The van der Waals surface area contributed by atoms with E-state index in [4.69, 9.17) is 14.2 Å². The number of anilines is 1. The van der Waals surface area contributed by atoms with Crippen LogP contribution in [0.5, 0.6) is 17.4 Å². The van der Waals surface area contributed by atoms with Crippen LogP contribution in [-0.2, 0) is 4.79 Å². The van der Waals surface area contributed by atoms with E-state index in [0.717, 1.165) is 42.5 Å². The van der Waals surface area contributed by atoms with Crippen LogP contribution in [0.4, 0.5) is 5.69 Å². The highest BCUT2D eigenvalue weighted by molar-refractivity contribution is 5.93. The molecule has 3 heterocycles. The lowest BCUT2D eigenvalue weighted by molar-refractivity contribution is -0.121. The molecule has 2 N–H and O–H groups in total. The Balaban J connectivity index is 1.17. The minimum atomic E-state index is -0.641. The van der Waals surface area contributed by atoms with Gasteiger partial charge in [-0.2, -0.15) is 0 Å². The van der Waals surface area contributed by atoms with Crippen molar-refractivity contribution in [2.45, 2.75) is 45.1 Å². The zero-order valence-electron chi connectivity index (χ0n) is 19.9. The molecule has 2 aromatic heterocycles. The van der Waals surface area contributed by atoms with Gasteiger partial charge in [0, 0.05) is 35.5 Å². The van der Waals surface area contributed by atoms with Gasteiger partial charge < -0.3 is 24.6 Å². The molecule has 0 spiro atoms. The van der Waals surface area contributed by atoms with Crippen LogP contribution in [0.15, 0.2) is 42.6 Å². The fourth-order valence-corrected chi connectivity index (χ4v) is 4.99. The molecule has 3 aromatic rings. The lowest BCUT2D eigenvalue weighted by Gasteiger charge is -2.29. The molecule has 0 saturated heterocycles. The average Bonchev–Trinajstić information content (AvgIpc) is 2.89. The largest absolute Gasteiger partial charge is 0.486 e. The maximum atomic E-state index is 12.9. The number of carbonyl (C=O) groups excluding carboxylic acids is 1. The summed E-state index contributed by atoms with van der Waals surface area (Å²) in [6, 6.07) is 11.0. The molecule has 2 aliphatic rings. The van der Waals surface area contributed by atoms with Gasteiger partial charge in [0.05, 0.1) is 23.7 Å². The molecule has 1 unspecified atom stereocenters. The number of pyridine rings is 2. The molecule has 1 amide bonds. The molecular formula is C27H31N3O5. The maximum absolute atomic E-state index is 12.9. The second-order valence-corrected chi connectivity index (χ2v) is 9.17. The van der Waals surface area contributed by atoms with Crippen molar-refractivity contribution < 1.29 is 24.1 Å². The highest BCUT2D eigenvalue weighted by atomic mass is 16.6. The molecule has 0 radical (unpaired) electrons. The molecule has 1 aliphatic carbocycles. The molecule has 1 fully saturated rings. The van der Waals surface area contributed by atoms with E-state index >= 15 is 0 Å². The molecule has 8 heteroatoms. The summed E-state index contributed by atoms with van der Waals surface area (Å²) in [5.41, 5.74) is 2.92. The van der Waals surface area contributed by atoms with Crippen molar-refractivity contribution in [1.29, 1.82) is 0 Å². The SMILES string of the molecule is CCOc1ccc2nccc(C(O)C[C@H]3CC[C@H](C(=O)Nc4ccc5c(c4)OCCO5)CC3)c2n1. The Morgan fingerprint density at radius 1 is 1.11 bits per heavy atom. The molecule has 1 aromatic carbocycles. The van der Waals surface area contributed by atoms with E-state index in [0.29, 0.717) is 55.1 Å². The summed E-state index contributed by atoms with van der Waals surface area (Å²) in [6.07, 6.45) is 5.11. The first-order valence-corrected chi connectivity index (χ1v) is 12.4. The van der Waals surface area contributed by atoms with Gasteiger partial charge >= 0.3 is 0 Å². The Labute approximate surface area is 204 Å². The number of carbonyl (C=O) groups is 1. The van der Waals surface area contributed by atoms with Crippen LogP contribution >= 0.6 is 0 Å². The van der Waals surface area contributed by atoms with E-state index in [1.165, 1.54) is 0 Å². The number of fused-ring (bicyclic) bond motifs is 2. The van der Waals surface area contributed by atoms with Gasteiger partial charge in [-0.15, -0.1) is 0 Å². The normalized spacial score (nSPS) is 20.3. The third kappa shape index (κ3) is 5.32. The van der Waals surface area contributed by atoms with Gasteiger partial charge in [-0.25, -0.2) is 4.98 Å². The summed E-state index contributed by atoms with van der Waals surface area (Å²) < 4.78 is 16.7. The van der Waals surface area contributed by atoms with E-state index in [2.05, 4.69) is 15.3 Å². The quantitative estimate of drug-likeness (QED) is 0.510. The fraction of sp³-hybridized carbons (Fsp3) is 0.444. The number of benzene rings is 1. The Bertz CT molecular complexity index is 1190. The van der Waals surface area contributed by atoms with Crippen LogP contribution in [-0.4, -0.2) is 40.8 Å². The monoisotopic (exact) mass is 477 g/mol. The van der Waals surface area contributed by atoms with Gasteiger partial charge in [-0.3, -0.25) is 9.78 Å².